The van der Waals surface area contributed by atoms with Gasteiger partial charge in [0.15, 0.2) is 11.6 Å². The van der Waals surface area contributed by atoms with Crippen LogP contribution >= 0.6 is 0 Å². The highest BCUT2D eigenvalue weighted by molar-refractivity contribution is 5.38. The highest BCUT2D eigenvalue weighted by Crippen LogP contribution is 2.18. The lowest BCUT2D eigenvalue weighted by molar-refractivity contribution is 0.410. The van der Waals surface area contributed by atoms with E-state index in [1.807, 2.05) is 24.3 Å². The fraction of sp³-hybridized carbons (Fsp3) is 0.214. The van der Waals surface area contributed by atoms with E-state index in [0.29, 0.717) is 13.0 Å². The van der Waals surface area contributed by atoms with Crippen LogP contribution in [0.3, 0.4) is 0 Å². The van der Waals surface area contributed by atoms with E-state index in [-0.39, 0.29) is 5.82 Å². The molecule has 0 bridgehead atoms. The summed E-state index contributed by atoms with van der Waals surface area (Å²) in [4.78, 5) is 3.66. The van der Waals surface area contributed by atoms with Gasteiger partial charge in [0.25, 0.3) is 0 Å². The number of hydrogen-bond donors (Lipinski definition) is 1. The van der Waals surface area contributed by atoms with Gasteiger partial charge in [-0.2, -0.15) is 0 Å². The minimum Gasteiger partial charge on any atom is -0.496 e. The Balaban J connectivity index is 1.96. The maximum Gasteiger partial charge on any atom is 0.168 e. The molecule has 0 spiro atoms. The van der Waals surface area contributed by atoms with Crippen molar-refractivity contribution in [3.63, 3.8) is 0 Å². The number of hydrogen-bond acceptors (Lipinski definition) is 3. The van der Waals surface area contributed by atoms with Crippen molar-refractivity contribution < 1.29 is 13.5 Å². The Hall–Kier alpha value is -2.17. The van der Waals surface area contributed by atoms with Gasteiger partial charge in [0.2, 0.25) is 0 Å². The van der Waals surface area contributed by atoms with Gasteiger partial charge >= 0.3 is 0 Å². The Morgan fingerprint density at radius 1 is 1.26 bits per heavy atom. The van der Waals surface area contributed by atoms with Crippen LogP contribution < -0.4 is 10.1 Å². The average Bonchev–Trinajstić information content (AvgIpc) is 2.42. The van der Waals surface area contributed by atoms with Crippen LogP contribution in [0.1, 0.15) is 5.56 Å². The lowest BCUT2D eigenvalue weighted by atomic mass is 10.1. The number of aromatic nitrogens is 1. The van der Waals surface area contributed by atoms with E-state index in [1.165, 1.54) is 0 Å². The molecular formula is C14H14F2N2O. The molecule has 100 valence electrons. The largest absolute Gasteiger partial charge is 0.496 e. The van der Waals surface area contributed by atoms with Crippen molar-refractivity contribution in [2.45, 2.75) is 6.42 Å². The summed E-state index contributed by atoms with van der Waals surface area (Å²) in [6, 6.07) is 8.41. The zero-order valence-electron chi connectivity index (χ0n) is 10.5. The smallest absolute Gasteiger partial charge is 0.168 e. The summed E-state index contributed by atoms with van der Waals surface area (Å²) in [5, 5.41) is 2.83. The number of rotatable bonds is 5. The quantitative estimate of drug-likeness (QED) is 0.901. The van der Waals surface area contributed by atoms with Gasteiger partial charge in [-0.1, -0.05) is 18.2 Å². The van der Waals surface area contributed by atoms with Crippen LogP contribution in [0.25, 0.3) is 0 Å². The molecule has 0 aliphatic carbocycles. The molecule has 0 saturated heterocycles. The molecule has 0 amide bonds. The summed E-state index contributed by atoms with van der Waals surface area (Å²) >= 11 is 0. The molecule has 1 heterocycles. The summed E-state index contributed by atoms with van der Waals surface area (Å²) in [7, 11) is 1.60. The number of para-hydroxylation sites is 1. The summed E-state index contributed by atoms with van der Waals surface area (Å²) < 4.78 is 31.2. The topological polar surface area (TPSA) is 34.1 Å². The molecule has 2 aromatic rings. The second-order valence-electron chi connectivity index (χ2n) is 3.97. The fourth-order valence-electron chi connectivity index (χ4n) is 1.77. The molecule has 0 saturated carbocycles. The first kappa shape index (κ1) is 13.3. The molecule has 1 aromatic carbocycles. The SMILES string of the molecule is COc1ccccc1CCNc1ncc(F)cc1F. The van der Waals surface area contributed by atoms with Crippen LogP contribution in [-0.4, -0.2) is 18.6 Å². The van der Waals surface area contributed by atoms with Crippen molar-refractivity contribution >= 4 is 5.82 Å². The lowest BCUT2D eigenvalue weighted by Gasteiger charge is -2.09. The zero-order chi connectivity index (χ0) is 13.7. The number of benzene rings is 1. The van der Waals surface area contributed by atoms with Gasteiger partial charge in [-0.15, -0.1) is 0 Å². The molecule has 2 rings (SSSR count). The van der Waals surface area contributed by atoms with Gasteiger partial charge in [0.1, 0.15) is 11.6 Å². The van der Waals surface area contributed by atoms with Gasteiger partial charge in [-0.05, 0) is 18.1 Å². The Morgan fingerprint density at radius 2 is 2.05 bits per heavy atom. The van der Waals surface area contributed by atoms with Crippen LogP contribution in [0, 0.1) is 11.6 Å². The number of nitrogens with one attached hydrogen (secondary N) is 1. The average molecular weight is 264 g/mol. The van der Waals surface area contributed by atoms with E-state index in [1.54, 1.807) is 7.11 Å². The van der Waals surface area contributed by atoms with Crippen molar-refractivity contribution in [3.05, 3.63) is 53.7 Å². The first-order chi connectivity index (χ1) is 9.20. The van der Waals surface area contributed by atoms with Crippen molar-refractivity contribution in [2.75, 3.05) is 19.0 Å². The predicted octanol–water partition coefficient (Wildman–Crippen LogP) is 3.02. The summed E-state index contributed by atoms with van der Waals surface area (Å²) in [5.41, 5.74) is 1.01. The third-order valence-electron chi connectivity index (χ3n) is 2.69. The number of anilines is 1. The highest BCUT2D eigenvalue weighted by atomic mass is 19.1. The first-order valence-electron chi connectivity index (χ1n) is 5.87. The summed E-state index contributed by atoms with van der Waals surface area (Å²) in [6.07, 6.45) is 1.64. The van der Waals surface area contributed by atoms with Gasteiger partial charge in [-0.25, -0.2) is 13.8 Å². The molecule has 0 fully saturated rings. The minimum absolute atomic E-state index is 0.0521. The molecule has 19 heavy (non-hydrogen) atoms. The second kappa shape index (κ2) is 6.13. The molecular weight excluding hydrogens is 250 g/mol. The van der Waals surface area contributed by atoms with E-state index in [4.69, 9.17) is 4.74 Å². The van der Waals surface area contributed by atoms with Gasteiger partial charge < -0.3 is 10.1 Å². The summed E-state index contributed by atoms with van der Waals surface area (Å²) in [5.74, 6) is -0.541. The predicted molar refractivity (Wildman–Crippen MR) is 69.3 cm³/mol. The Kier molecular flexibility index (Phi) is 4.28. The van der Waals surface area contributed by atoms with Crippen LogP contribution in [0.5, 0.6) is 5.75 Å². The lowest BCUT2D eigenvalue weighted by Crippen LogP contribution is -2.08. The third-order valence-corrected chi connectivity index (χ3v) is 2.69. The molecule has 0 aliphatic heterocycles. The van der Waals surface area contributed by atoms with E-state index in [0.717, 1.165) is 23.6 Å². The number of halogens is 2. The van der Waals surface area contributed by atoms with Crippen LogP contribution in [0.4, 0.5) is 14.6 Å². The monoisotopic (exact) mass is 264 g/mol. The maximum atomic E-state index is 13.3. The molecule has 0 unspecified atom stereocenters. The van der Waals surface area contributed by atoms with Crippen molar-refractivity contribution in [1.82, 2.24) is 4.98 Å². The molecule has 5 heteroatoms. The van der Waals surface area contributed by atoms with Crippen LogP contribution in [0.2, 0.25) is 0 Å². The van der Waals surface area contributed by atoms with Gasteiger partial charge in [0, 0.05) is 12.6 Å². The van der Waals surface area contributed by atoms with E-state index in [9.17, 15) is 8.78 Å². The molecule has 1 aromatic heterocycles. The van der Waals surface area contributed by atoms with E-state index >= 15 is 0 Å². The first-order valence-corrected chi connectivity index (χ1v) is 5.87. The van der Waals surface area contributed by atoms with Crippen molar-refractivity contribution in [3.8, 4) is 5.75 Å². The molecule has 3 nitrogen and oxygen atoms in total. The van der Waals surface area contributed by atoms with Crippen LogP contribution in [0.15, 0.2) is 36.5 Å². The van der Waals surface area contributed by atoms with Crippen molar-refractivity contribution in [1.29, 1.82) is 0 Å². The molecule has 0 atom stereocenters. The van der Waals surface area contributed by atoms with Crippen molar-refractivity contribution in [2.24, 2.45) is 0 Å². The normalized spacial score (nSPS) is 10.3. The molecule has 0 radical (unpaired) electrons. The summed E-state index contributed by atoms with van der Waals surface area (Å²) in [6.45, 7) is 0.482. The number of pyridine rings is 1. The number of methoxy groups -OCH3 is 1. The van der Waals surface area contributed by atoms with E-state index < -0.39 is 11.6 Å². The molecule has 1 N–H and O–H groups in total. The van der Waals surface area contributed by atoms with E-state index in [2.05, 4.69) is 10.3 Å². The number of ether oxygens (including phenoxy) is 1. The zero-order valence-corrected chi connectivity index (χ0v) is 10.5. The Labute approximate surface area is 110 Å². The third kappa shape index (κ3) is 3.40. The van der Waals surface area contributed by atoms with Gasteiger partial charge in [-0.3, -0.25) is 0 Å². The highest BCUT2D eigenvalue weighted by Gasteiger charge is 2.06. The number of nitrogens with zero attached hydrogens (tertiary/aromatic N) is 1. The van der Waals surface area contributed by atoms with Gasteiger partial charge in [0.05, 0.1) is 13.3 Å². The standard InChI is InChI=1S/C14H14F2N2O/c1-19-13-5-3-2-4-10(13)6-7-17-14-12(16)8-11(15)9-18-14/h2-5,8-9H,6-7H2,1H3,(H,17,18). The maximum absolute atomic E-state index is 13.3. The Bertz CT molecular complexity index is 561. The fourth-order valence-corrected chi connectivity index (χ4v) is 1.77. The molecule has 0 aliphatic rings. The Morgan fingerprint density at radius 3 is 2.79 bits per heavy atom. The second-order valence-corrected chi connectivity index (χ2v) is 3.97. The van der Waals surface area contributed by atoms with Crippen LogP contribution in [-0.2, 0) is 6.42 Å². The minimum atomic E-state index is -0.694.